The number of aryl methyl sites for hydroxylation is 2. The minimum absolute atomic E-state index is 0.111. The second kappa shape index (κ2) is 5.35. The maximum Gasteiger partial charge on any atom is 0.246 e. The van der Waals surface area contributed by atoms with Crippen LogP contribution < -0.4 is 0 Å². The number of likely N-dealkylation sites (N-methyl/N-ethyl adjacent to an activating group) is 1. The van der Waals surface area contributed by atoms with Crippen molar-refractivity contribution in [2.75, 3.05) is 39.9 Å². The predicted molar refractivity (Wildman–Crippen MR) is 77.5 cm³/mol. The summed E-state index contributed by atoms with van der Waals surface area (Å²) < 4.78 is 33.2. The molecule has 1 aromatic heterocycles. The van der Waals surface area contributed by atoms with Crippen LogP contribution in [0.4, 0.5) is 0 Å². The van der Waals surface area contributed by atoms with E-state index in [-0.39, 0.29) is 12.0 Å². The van der Waals surface area contributed by atoms with Gasteiger partial charge in [0.25, 0.3) is 0 Å². The quantitative estimate of drug-likeness (QED) is 0.830. The third kappa shape index (κ3) is 2.61. The highest BCUT2D eigenvalue weighted by Gasteiger charge is 2.38. The third-order valence-corrected chi connectivity index (χ3v) is 6.46. The molecule has 118 valence electrons. The Balaban J connectivity index is 1.96. The Labute approximate surface area is 125 Å². The van der Waals surface area contributed by atoms with Crippen LogP contribution in [-0.2, 0) is 14.8 Å². The van der Waals surface area contributed by atoms with Gasteiger partial charge in [0.2, 0.25) is 10.0 Å². The zero-order valence-corrected chi connectivity index (χ0v) is 13.5. The molecule has 2 atom stereocenters. The zero-order chi connectivity index (χ0) is 15.2. The van der Waals surface area contributed by atoms with Gasteiger partial charge in [-0.15, -0.1) is 0 Å². The molecule has 1 N–H and O–H groups in total. The Bertz CT molecular complexity index is 608. The van der Waals surface area contributed by atoms with E-state index in [1.807, 2.05) is 7.05 Å². The van der Waals surface area contributed by atoms with Crippen LogP contribution >= 0.6 is 0 Å². The molecule has 3 heterocycles. The van der Waals surface area contributed by atoms with Crippen molar-refractivity contribution in [3.63, 3.8) is 0 Å². The van der Waals surface area contributed by atoms with E-state index in [2.05, 4.69) is 15.1 Å². The summed E-state index contributed by atoms with van der Waals surface area (Å²) >= 11 is 0. The van der Waals surface area contributed by atoms with Gasteiger partial charge in [-0.2, -0.15) is 9.40 Å². The molecule has 2 bridgehead atoms. The number of hydrogen-bond acceptors (Lipinski definition) is 5. The summed E-state index contributed by atoms with van der Waals surface area (Å²) in [6, 6.07) is 0.111. The molecule has 1 aromatic rings. The minimum atomic E-state index is -3.51. The molecule has 2 saturated heterocycles. The molecular weight excluding hydrogens is 292 g/mol. The Hall–Kier alpha value is -0.960. The van der Waals surface area contributed by atoms with E-state index in [1.54, 1.807) is 18.2 Å². The number of fused-ring (bicyclic) bond motifs is 3. The second-order valence-electron chi connectivity index (χ2n) is 6.08. The van der Waals surface area contributed by atoms with Crippen molar-refractivity contribution in [2.45, 2.75) is 24.8 Å². The molecule has 0 spiro atoms. The first kappa shape index (κ1) is 15.0. The average molecular weight is 314 g/mol. The highest BCUT2D eigenvalue weighted by atomic mass is 32.2. The lowest BCUT2D eigenvalue weighted by atomic mass is 10.1. The van der Waals surface area contributed by atoms with Crippen LogP contribution in [0.1, 0.15) is 11.4 Å². The summed E-state index contributed by atoms with van der Waals surface area (Å²) in [6.45, 7) is 6.54. The minimum Gasteiger partial charge on any atom is -0.379 e. The van der Waals surface area contributed by atoms with Crippen LogP contribution in [0.5, 0.6) is 0 Å². The fourth-order valence-electron chi connectivity index (χ4n) is 3.25. The highest BCUT2D eigenvalue weighted by molar-refractivity contribution is 7.89. The summed E-state index contributed by atoms with van der Waals surface area (Å²) in [5, 5.41) is 6.79. The molecule has 0 amide bonds. The van der Waals surface area contributed by atoms with E-state index < -0.39 is 10.0 Å². The molecule has 0 aromatic carbocycles. The van der Waals surface area contributed by atoms with Crippen molar-refractivity contribution in [1.82, 2.24) is 19.4 Å². The number of sulfonamides is 1. The standard InChI is InChI=1S/C13H22N4O3S/c1-9-13(10(2)15-14-9)21(18,19)17-5-11-4-16(3)12(6-17)8-20-7-11/h11-12H,4-8H2,1-3H3,(H,14,15)/t11-,12+/m1/s1. The number of nitrogens with one attached hydrogen (secondary N) is 1. The fourth-order valence-corrected chi connectivity index (χ4v) is 5.14. The summed E-state index contributed by atoms with van der Waals surface area (Å²) in [4.78, 5) is 2.54. The summed E-state index contributed by atoms with van der Waals surface area (Å²) in [6.07, 6.45) is 0. The van der Waals surface area contributed by atoms with E-state index in [4.69, 9.17) is 4.74 Å². The maximum absolute atomic E-state index is 13.0. The Kier molecular flexibility index (Phi) is 3.81. The molecule has 7 nitrogen and oxygen atoms in total. The first-order valence-electron chi connectivity index (χ1n) is 7.19. The average Bonchev–Trinajstić information content (AvgIpc) is 2.55. The number of aromatic amines is 1. The highest BCUT2D eigenvalue weighted by Crippen LogP contribution is 2.26. The van der Waals surface area contributed by atoms with E-state index in [1.165, 1.54) is 0 Å². The van der Waals surface area contributed by atoms with E-state index >= 15 is 0 Å². The summed E-state index contributed by atoms with van der Waals surface area (Å²) in [5.41, 5.74) is 1.14. The molecule has 0 saturated carbocycles. The van der Waals surface area contributed by atoms with Crippen molar-refractivity contribution in [1.29, 1.82) is 0 Å². The largest absolute Gasteiger partial charge is 0.379 e. The number of aromatic nitrogens is 2. The zero-order valence-electron chi connectivity index (χ0n) is 12.7. The molecular formula is C13H22N4O3S. The summed E-state index contributed by atoms with van der Waals surface area (Å²) in [7, 11) is -1.47. The van der Waals surface area contributed by atoms with Crippen LogP contribution in [-0.4, -0.2) is 73.8 Å². The smallest absolute Gasteiger partial charge is 0.246 e. The van der Waals surface area contributed by atoms with Gasteiger partial charge in [-0.25, -0.2) is 8.42 Å². The Morgan fingerprint density at radius 1 is 1.24 bits per heavy atom. The molecule has 8 heteroatoms. The molecule has 21 heavy (non-hydrogen) atoms. The lowest BCUT2D eigenvalue weighted by Crippen LogP contribution is -2.44. The third-order valence-electron chi connectivity index (χ3n) is 4.37. The number of ether oxygens (including phenoxy) is 1. The van der Waals surface area contributed by atoms with Crippen LogP contribution in [0.15, 0.2) is 4.90 Å². The lowest BCUT2D eigenvalue weighted by molar-refractivity contribution is 0.0727. The lowest BCUT2D eigenvalue weighted by Gasteiger charge is -2.29. The van der Waals surface area contributed by atoms with Gasteiger partial charge in [0, 0.05) is 31.6 Å². The number of nitrogens with zero attached hydrogens (tertiary/aromatic N) is 3. The van der Waals surface area contributed by atoms with E-state index in [9.17, 15) is 8.42 Å². The van der Waals surface area contributed by atoms with Crippen LogP contribution in [0.2, 0.25) is 0 Å². The van der Waals surface area contributed by atoms with Gasteiger partial charge in [0.15, 0.2) is 0 Å². The van der Waals surface area contributed by atoms with Crippen LogP contribution in [0.25, 0.3) is 0 Å². The van der Waals surface area contributed by atoms with Crippen LogP contribution in [0, 0.1) is 19.8 Å². The molecule has 2 aliphatic rings. The SMILES string of the molecule is Cc1n[nH]c(C)c1S(=O)(=O)N1C[C@@H]2COC[C@H](C1)N(C)C2. The molecule has 3 rings (SSSR count). The van der Waals surface area contributed by atoms with Crippen molar-refractivity contribution in [3.8, 4) is 0 Å². The predicted octanol–water partition coefficient (Wildman–Crippen LogP) is -0.0224. The molecule has 2 fully saturated rings. The monoisotopic (exact) mass is 314 g/mol. The van der Waals surface area contributed by atoms with Crippen molar-refractivity contribution >= 4 is 10.0 Å². The second-order valence-corrected chi connectivity index (χ2v) is 7.96. The van der Waals surface area contributed by atoms with Crippen molar-refractivity contribution in [3.05, 3.63) is 11.4 Å². The fraction of sp³-hybridized carbons (Fsp3) is 0.769. The molecule has 0 aliphatic carbocycles. The summed E-state index contributed by atoms with van der Waals surface area (Å²) in [5.74, 6) is 0.213. The van der Waals surface area contributed by atoms with Crippen LogP contribution in [0.3, 0.4) is 0 Å². The van der Waals surface area contributed by atoms with Gasteiger partial charge in [0.1, 0.15) is 4.90 Å². The van der Waals surface area contributed by atoms with Gasteiger partial charge < -0.3 is 4.74 Å². The van der Waals surface area contributed by atoms with Crippen molar-refractivity contribution in [2.24, 2.45) is 5.92 Å². The van der Waals surface area contributed by atoms with Gasteiger partial charge >= 0.3 is 0 Å². The molecule has 0 radical (unpaired) electrons. The van der Waals surface area contributed by atoms with Gasteiger partial charge in [0.05, 0.1) is 24.6 Å². The Morgan fingerprint density at radius 2 is 2.00 bits per heavy atom. The molecule has 0 unspecified atom stereocenters. The first-order valence-corrected chi connectivity index (χ1v) is 8.63. The maximum atomic E-state index is 13.0. The number of hydrogen-bond donors (Lipinski definition) is 1. The van der Waals surface area contributed by atoms with Crippen molar-refractivity contribution < 1.29 is 13.2 Å². The van der Waals surface area contributed by atoms with E-state index in [0.717, 1.165) is 6.54 Å². The topological polar surface area (TPSA) is 78.5 Å². The first-order chi connectivity index (χ1) is 9.89. The molecule has 2 aliphatic heterocycles. The normalized spacial score (nSPS) is 28.5. The number of rotatable bonds is 2. The van der Waals surface area contributed by atoms with E-state index in [0.29, 0.717) is 42.6 Å². The Morgan fingerprint density at radius 3 is 2.67 bits per heavy atom. The van der Waals surface area contributed by atoms with Gasteiger partial charge in [-0.3, -0.25) is 10.00 Å². The van der Waals surface area contributed by atoms with Gasteiger partial charge in [-0.1, -0.05) is 0 Å². The number of H-pyrrole nitrogens is 1. The van der Waals surface area contributed by atoms with Gasteiger partial charge in [-0.05, 0) is 20.9 Å².